The van der Waals surface area contributed by atoms with E-state index in [0.29, 0.717) is 6.04 Å². The van der Waals surface area contributed by atoms with Crippen molar-refractivity contribution in [1.82, 2.24) is 0 Å². The number of anilines is 1. The molecule has 0 heterocycles. The van der Waals surface area contributed by atoms with Crippen molar-refractivity contribution in [3.05, 3.63) is 24.3 Å². The SMILES string of the molecule is COc1ccc(NC2CCCC(CC(C)C)C2)cc1. The van der Waals surface area contributed by atoms with Crippen molar-refractivity contribution >= 4 is 5.69 Å². The van der Waals surface area contributed by atoms with E-state index in [1.165, 1.54) is 37.8 Å². The standard InChI is InChI=1S/C17H27NO/c1-13(2)11-14-5-4-6-16(12-14)18-15-7-9-17(19-3)10-8-15/h7-10,13-14,16,18H,4-6,11-12H2,1-3H3. The van der Waals surface area contributed by atoms with Gasteiger partial charge in [-0.1, -0.05) is 26.7 Å². The van der Waals surface area contributed by atoms with Gasteiger partial charge < -0.3 is 10.1 Å². The topological polar surface area (TPSA) is 21.3 Å². The fourth-order valence-corrected chi connectivity index (χ4v) is 3.23. The molecule has 0 aliphatic heterocycles. The van der Waals surface area contributed by atoms with Crippen molar-refractivity contribution in [3.8, 4) is 5.75 Å². The zero-order valence-corrected chi connectivity index (χ0v) is 12.5. The van der Waals surface area contributed by atoms with Crippen LogP contribution in [-0.2, 0) is 0 Å². The second kappa shape index (κ2) is 6.83. The summed E-state index contributed by atoms with van der Waals surface area (Å²) in [6.07, 6.45) is 6.79. The number of hydrogen-bond acceptors (Lipinski definition) is 2. The molecule has 1 aromatic carbocycles. The van der Waals surface area contributed by atoms with Gasteiger partial charge >= 0.3 is 0 Å². The molecule has 106 valence electrons. The third-order valence-corrected chi connectivity index (χ3v) is 4.05. The van der Waals surface area contributed by atoms with Crippen molar-refractivity contribution in [2.24, 2.45) is 11.8 Å². The highest BCUT2D eigenvalue weighted by molar-refractivity contribution is 5.47. The summed E-state index contributed by atoms with van der Waals surface area (Å²) in [6.45, 7) is 4.67. The van der Waals surface area contributed by atoms with Crippen molar-refractivity contribution in [2.45, 2.75) is 52.0 Å². The van der Waals surface area contributed by atoms with Crippen LogP contribution in [0.5, 0.6) is 5.75 Å². The first-order valence-electron chi connectivity index (χ1n) is 7.58. The molecule has 0 saturated heterocycles. The Kier molecular flexibility index (Phi) is 5.12. The van der Waals surface area contributed by atoms with E-state index < -0.39 is 0 Å². The van der Waals surface area contributed by atoms with E-state index in [2.05, 4.69) is 31.3 Å². The highest BCUT2D eigenvalue weighted by Crippen LogP contribution is 2.31. The maximum absolute atomic E-state index is 5.19. The largest absolute Gasteiger partial charge is 0.497 e. The van der Waals surface area contributed by atoms with Crippen LogP contribution < -0.4 is 10.1 Å². The number of benzene rings is 1. The highest BCUT2D eigenvalue weighted by Gasteiger charge is 2.22. The molecule has 0 radical (unpaired) electrons. The smallest absolute Gasteiger partial charge is 0.119 e. The molecule has 2 nitrogen and oxygen atoms in total. The Morgan fingerprint density at radius 1 is 1.21 bits per heavy atom. The number of rotatable bonds is 5. The van der Waals surface area contributed by atoms with Gasteiger partial charge in [-0.05, 0) is 55.4 Å². The highest BCUT2D eigenvalue weighted by atomic mass is 16.5. The number of nitrogens with one attached hydrogen (secondary N) is 1. The minimum absolute atomic E-state index is 0.644. The molecule has 0 spiro atoms. The molecule has 1 aromatic rings. The Labute approximate surface area is 117 Å². The average molecular weight is 261 g/mol. The molecule has 0 bridgehead atoms. The van der Waals surface area contributed by atoms with Crippen LogP contribution in [0.4, 0.5) is 5.69 Å². The minimum atomic E-state index is 0.644. The first-order valence-corrected chi connectivity index (χ1v) is 7.58. The number of methoxy groups -OCH3 is 1. The van der Waals surface area contributed by atoms with Crippen LogP contribution in [0.3, 0.4) is 0 Å². The molecule has 1 aliphatic carbocycles. The lowest BCUT2D eigenvalue weighted by Gasteiger charge is -2.31. The maximum Gasteiger partial charge on any atom is 0.119 e. The van der Waals surface area contributed by atoms with E-state index in [0.717, 1.165) is 17.6 Å². The number of hydrogen-bond donors (Lipinski definition) is 1. The van der Waals surface area contributed by atoms with Gasteiger partial charge in [0.1, 0.15) is 5.75 Å². The van der Waals surface area contributed by atoms with Crippen LogP contribution >= 0.6 is 0 Å². The lowest BCUT2D eigenvalue weighted by molar-refractivity contribution is 0.289. The summed E-state index contributed by atoms with van der Waals surface area (Å²) in [4.78, 5) is 0. The monoisotopic (exact) mass is 261 g/mol. The Morgan fingerprint density at radius 3 is 2.58 bits per heavy atom. The lowest BCUT2D eigenvalue weighted by atomic mass is 9.81. The minimum Gasteiger partial charge on any atom is -0.497 e. The quantitative estimate of drug-likeness (QED) is 0.828. The summed E-state index contributed by atoms with van der Waals surface area (Å²) in [5.41, 5.74) is 1.22. The zero-order valence-electron chi connectivity index (χ0n) is 12.5. The van der Waals surface area contributed by atoms with Crippen LogP contribution in [0.15, 0.2) is 24.3 Å². The normalized spacial score (nSPS) is 23.4. The second-order valence-electron chi connectivity index (χ2n) is 6.23. The Balaban J connectivity index is 1.87. The van der Waals surface area contributed by atoms with Crippen LogP contribution in [0.2, 0.25) is 0 Å². The van der Waals surface area contributed by atoms with Gasteiger partial charge in [0.15, 0.2) is 0 Å². The third kappa shape index (κ3) is 4.45. The first kappa shape index (κ1) is 14.2. The third-order valence-electron chi connectivity index (χ3n) is 4.05. The summed E-state index contributed by atoms with van der Waals surface area (Å²) >= 11 is 0. The zero-order chi connectivity index (χ0) is 13.7. The Morgan fingerprint density at radius 2 is 1.95 bits per heavy atom. The first-order chi connectivity index (χ1) is 9.17. The van der Waals surface area contributed by atoms with Gasteiger partial charge in [-0.15, -0.1) is 0 Å². The molecule has 19 heavy (non-hydrogen) atoms. The van der Waals surface area contributed by atoms with Crippen molar-refractivity contribution in [1.29, 1.82) is 0 Å². The van der Waals surface area contributed by atoms with Crippen molar-refractivity contribution in [2.75, 3.05) is 12.4 Å². The molecule has 2 unspecified atom stereocenters. The van der Waals surface area contributed by atoms with Gasteiger partial charge in [0.05, 0.1) is 7.11 Å². The Hall–Kier alpha value is -1.18. The fraction of sp³-hybridized carbons (Fsp3) is 0.647. The van der Waals surface area contributed by atoms with Crippen LogP contribution in [0.25, 0.3) is 0 Å². The summed E-state index contributed by atoms with van der Waals surface area (Å²) in [5, 5.41) is 3.68. The van der Waals surface area contributed by atoms with E-state index in [-0.39, 0.29) is 0 Å². The fourth-order valence-electron chi connectivity index (χ4n) is 3.23. The van der Waals surface area contributed by atoms with Gasteiger partial charge in [-0.25, -0.2) is 0 Å². The molecule has 2 heteroatoms. The molecule has 1 aliphatic rings. The molecule has 0 amide bonds. The summed E-state index contributed by atoms with van der Waals surface area (Å²) in [5.74, 6) is 2.65. The average Bonchev–Trinajstić information content (AvgIpc) is 2.39. The molecule has 1 saturated carbocycles. The van der Waals surface area contributed by atoms with E-state index in [4.69, 9.17) is 4.74 Å². The second-order valence-corrected chi connectivity index (χ2v) is 6.23. The molecular formula is C17H27NO. The van der Waals surface area contributed by atoms with Crippen LogP contribution in [0, 0.1) is 11.8 Å². The van der Waals surface area contributed by atoms with Crippen LogP contribution in [-0.4, -0.2) is 13.2 Å². The van der Waals surface area contributed by atoms with Gasteiger partial charge in [-0.2, -0.15) is 0 Å². The van der Waals surface area contributed by atoms with E-state index in [1.54, 1.807) is 7.11 Å². The molecule has 0 aromatic heterocycles. The summed E-state index contributed by atoms with van der Waals surface area (Å²) in [6, 6.07) is 8.93. The van der Waals surface area contributed by atoms with E-state index in [1.807, 2.05) is 12.1 Å². The van der Waals surface area contributed by atoms with Gasteiger partial charge in [0.2, 0.25) is 0 Å². The lowest BCUT2D eigenvalue weighted by Crippen LogP contribution is -2.27. The predicted molar refractivity (Wildman–Crippen MR) is 81.8 cm³/mol. The molecule has 2 rings (SSSR count). The van der Waals surface area contributed by atoms with E-state index in [9.17, 15) is 0 Å². The Bertz CT molecular complexity index is 371. The summed E-state index contributed by atoms with van der Waals surface area (Å²) in [7, 11) is 1.71. The van der Waals surface area contributed by atoms with Gasteiger partial charge in [0, 0.05) is 11.7 Å². The molecule has 2 atom stereocenters. The number of ether oxygens (including phenoxy) is 1. The van der Waals surface area contributed by atoms with Crippen LogP contribution in [0.1, 0.15) is 46.0 Å². The predicted octanol–water partition coefficient (Wildman–Crippen LogP) is 4.71. The molecule has 1 fully saturated rings. The van der Waals surface area contributed by atoms with Crippen molar-refractivity contribution < 1.29 is 4.74 Å². The van der Waals surface area contributed by atoms with Gasteiger partial charge in [0.25, 0.3) is 0 Å². The van der Waals surface area contributed by atoms with Crippen molar-refractivity contribution in [3.63, 3.8) is 0 Å². The van der Waals surface area contributed by atoms with Gasteiger partial charge in [-0.3, -0.25) is 0 Å². The maximum atomic E-state index is 5.19. The van der Waals surface area contributed by atoms with E-state index >= 15 is 0 Å². The molecular weight excluding hydrogens is 234 g/mol. The summed E-state index contributed by atoms with van der Waals surface area (Å²) < 4.78 is 5.19. The molecule has 1 N–H and O–H groups in total.